The molecule has 0 saturated carbocycles. The van der Waals surface area contributed by atoms with E-state index in [4.69, 9.17) is 0 Å². The lowest BCUT2D eigenvalue weighted by atomic mass is 10.0. The Bertz CT molecular complexity index is 1090. The highest BCUT2D eigenvalue weighted by Crippen LogP contribution is 2.24. The van der Waals surface area contributed by atoms with Crippen molar-refractivity contribution in [3.63, 3.8) is 0 Å². The molecule has 0 spiro atoms. The molecule has 4 rings (SSSR count). The van der Waals surface area contributed by atoms with E-state index in [1.807, 2.05) is 48.4 Å². The topological polar surface area (TPSA) is 63.9 Å². The van der Waals surface area contributed by atoms with E-state index in [2.05, 4.69) is 45.4 Å². The van der Waals surface area contributed by atoms with E-state index in [0.29, 0.717) is 13.1 Å². The highest BCUT2D eigenvalue weighted by Gasteiger charge is 2.35. The monoisotopic (exact) mass is 417 g/mol. The second kappa shape index (κ2) is 8.59. The fraction of sp³-hybridized carbons (Fsp3) is 0.217. The predicted octanol–water partition coefficient (Wildman–Crippen LogP) is 4.37. The molecule has 6 nitrogen and oxygen atoms in total. The number of rotatable bonds is 7. The Morgan fingerprint density at radius 3 is 2.57 bits per heavy atom. The summed E-state index contributed by atoms with van der Waals surface area (Å²) in [6.07, 6.45) is 4.79. The minimum Gasteiger partial charge on any atom is -0.330 e. The van der Waals surface area contributed by atoms with Gasteiger partial charge in [0.2, 0.25) is 0 Å². The Hall–Kier alpha value is -3.32. The van der Waals surface area contributed by atoms with Crippen LogP contribution >= 0.6 is 11.3 Å². The number of thiazole rings is 1. The Morgan fingerprint density at radius 2 is 1.87 bits per heavy atom. The molecule has 1 amide bonds. The summed E-state index contributed by atoms with van der Waals surface area (Å²) in [5.41, 5.74) is 2.49. The lowest BCUT2D eigenvalue weighted by molar-refractivity contribution is -0.141. The molecular formula is C23H23N5OS. The quantitative estimate of drug-likeness (QED) is 0.448. The van der Waals surface area contributed by atoms with Crippen LogP contribution in [-0.4, -0.2) is 30.6 Å². The van der Waals surface area contributed by atoms with Crippen molar-refractivity contribution >= 4 is 17.2 Å². The number of nitrogens with zero attached hydrogens (tertiary/aromatic N) is 5. The Kier molecular flexibility index (Phi) is 5.72. The van der Waals surface area contributed by atoms with Gasteiger partial charge in [0, 0.05) is 18.1 Å². The summed E-state index contributed by atoms with van der Waals surface area (Å²) in [6.45, 7) is 4.65. The number of carbonyl (C=O) groups is 1. The Balaban J connectivity index is 1.63. The normalized spacial score (nSPS) is 11.4. The number of aromatic nitrogens is 4. The first kappa shape index (κ1) is 20.0. The first-order chi connectivity index (χ1) is 14.5. The summed E-state index contributed by atoms with van der Waals surface area (Å²) >= 11 is 1.55. The third kappa shape index (κ3) is 4.31. The van der Waals surface area contributed by atoms with Crippen LogP contribution in [0.2, 0.25) is 0 Å². The zero-order valence-electron chi connectivity index (χ0n) is 17.0. The van der Waals surface area contributed by atoms with Crippen LogP contribution in [0, 0.1) is 0 Å². The van der Waals surface area contributed by atoms with Gasteiger partial charge in [-0.05, 0) is 36.6 Å². The zero-order chi connectivity index (χ0) is 21.0. The number of hydrogen-bond donors (Lipinski definition) is 0. The molecule has 0 fully saturated rings. The number of carbonyl (C=O) groups excluding carboxylic acids is 1. The van der Waals surface area contributed by atoms with Crippen molar-refractivity contribution in [2.75, 3.05) is 0 Å². The van der Waals surface area contributed by atoms with Crippen LogP contribution in [-0.2, 0) is 23.4 Å². The van der Waals surface area contributed by atoms with Gasteiger partial charge >= 0.3 is 0 Å². The van der Waals surface area contributed by atoms with Gasteiger partial charge in [-0.25, -0.2) is 14.6 Å². The van der Waals surface area contributed by atoms with Gasteiger partial charge in [-0.3, -0.25) is 4.79 Å². The molecule has 0 aliphatic carbocycles. The van der Waals surface area contributed by atoms with Crippen LogP contribution in [0.5, 0.6) is 0 Å². The van der Waals surface area contributed by atoms with Crippen molar-refractivity contribution in [2.45, 2.75) is 32.5 Å². The van der Waals surface area contributed by atoms with Gasteiger partial charge in [0.15, 0.2) is 0 Å². The minimum absolute atomic E-state index is 0.0340. The van der Waals surface area contributed by atoms with E-state index in [9.17, 15) is 4.79 Å². The van der Waals surface area contributed by atoms with E-state index >= 15 is 0 Å². The molecule has 4 aromatic rings. The van der Waals surface area contributed by atoms with Crippen LogP contribution in [0.15, 0.2) is 78.8 Å². The van der Waals surface area contributed by atoms with Crippen LogP contribution < -0.4 is 0 Å². The van der Waals surface area contributed by atoms with Gasteiger partial charge in [-0.15, -0.1) is 11.3 Å². The highest BCUT2D eigenvalue weighted by molar-refractivity contribution is 7.09. The van der Waals surface area contributed by atoms with Crippen LogP contribution in [0.1, 0.15) is 24.4 Å². The molecule has 0 N–H and O–H groups in total. The smallest absolute Gasteiger partial charge is 0.250 e. The van der Waals surface area contributed by atoms with E-state index < -0.39 is 5.54 Å². The molecule has 152 valence electrons. The second-order valence-electron chi connectivity index (χ2n) is 7.55. The lowest BCUT2D eigenvalue weighted by Gasteiger charge is -2.31. The molecule has 7 heteroatoms. The van der Waals surface area contributed by atoms with Crippen molar-refractivity contribution in [1.82, 2.24) is 24.6 Å². The second-order valence-corrected chi connectivity index (χ2v) is 8.53. The zero-order valence-corrected chi connectivity index (χ0v) is 17.8. The highest BCUT2D eigenvalue weighted by atomic mass is 32.1. The third-order valence-corrected chi connectivity index (χ3v) is 5.78. The predicted molar refractivity (Wildman–Crippen MR) is 118 cm³/mol. The maximum absolute atomic E-state index is 13.6. The van der Waals surface area contributed by atoms with Crippen LogP contribution in [0.4, 0.5) is 0 Å². The number of amides is 1. The Labute approximate surface area is 179 Å². The minimum atomic E-state index is -0.856. The van der Waals surface area contributed by atoms with Crippen molar-refractivity contribution in [3.05, 3.63) is 89.4 Å². The molecule has 30 heavy (non-hydrogen) atoms. The summed E-state index contributed by atoms with van der Waals surface area (Å²) < 4.78 is 1.60. The van der Waals surface area contributed by atoms with Gasteiger partial charge in [0.1, 0.15) is 23.2 Å². The standard InChI is InChI=1S/C23H23N5OS/c1-23(2,28-17-24-16-26-28)22(29)27(15-21-25-11-12-30-21)14-18-7-6-10-20(13-18)19-8-4-3-5-9-19/h3-13,16-17H,14-15H2,1-2H3. The molecule has 0 bridgehead atoms. The molecular weight excluding hydrogens is 394 g/mol. The first-order valence-corrected chi connectivity index (χ1v) is 10.6. The molecule has 2 aromatic heterocycles. The Morgan fingerprint density at radius 1 is 1.07 bits per heavy atom. The molecule has 2 aromatic carbocycles. The molecule has 0 saturated heterocycles. The van der Waals surface area contributed by atoms with E-state index in [-0.39, 0.29) is 5.91 Å². The molecule has 0 radical (unpaired) electrons. The van der Waals surface area contributed by atoms with Crippen molar-refractivity contribution in [3.8, 4) is 11.1 Å². The van der Waals surface area contributed by atoms with Gasteiger partial charge < -0.3 is 4.90 Å². The van der Waals surface area contributed by atoms with Crippen molar-refractivity contribution < 1.29 is 4.79 Å². The van der Waals surface area contributed by atoms with E-state index in [1.165, 1.54) is 6.33 Å². The summed E-state index contributed by atoms with van der Waals surface area (Å²) in [4.78, 5) is 23.8. The largest absolute Gasteiger partial charge is 0.330 e. The van der Waals surface area contributed by atoms with Crippen molar-refractivity contribution in [2.24, 2.45) is 0 Å². The summed E-state index contributed by atoms with van der Waals surface area (Å²) in [6, 6.07) is 18.6. The van der Waals surface area contributed by atoms with Gasteiger partial charge in [0.05, 0.1) is 6.54 Å². The molecule has 0 aliphatic rings. The summed E-state index contributed by atoms with van der Waals surface area (Å²) in [7, 11) is 0. The maximum Gasteiger partial charge on any atom is 0.250 e. The fourth-order valence-electron chi connectivity index (χ4n) is 3.38. The van der Waals surface area contributed by atoms with Crippen LogP contribution in [0.25, 0.3) is 11.1 Å². The first-order valence-electron chi connectivity index (χ1n) is 9.71. The lowest BCUT2D eigenvalue weighted by Crippen LogP contribution is -2.46. The van der Waals surface area contributed by atoms with Crippen molar-refractivity contribution in [1.29, 1.82) is 0 Å². The summed E-state index contributed by atoms with van der Waals surface area (Å²) in [5.74, 6) is -0.0340. The van der Waals surface area contributed by atoms with Gasteiger partial charge in [-0.1, -0.05) is 48.5 Å². The molecule has 0 unspecified atom stereocenters. The average molecular weight is 418 g/mol. The fourth-order valence-corrected chi connectivity index (χ4v) is 4.01. The molecule has 0 aliphatic heterocycles. The summed E-state index contributed by atoms with van der Waals surface area (Å²) in [5, 5.41) is 7.02. The van der Waals surface area contributed by atoms with E-state index in [1.54, 1.807) is 28.5 Å². The average Bonchev–Trinajstić information content (AvgIpc) is 3.48. The van der Waals surface area contributed by atoms with E-state index in [0.717, 1.165) is 21.7 Å². The molecule has 2 heterocycles. The number of hydrogen-bond acceptors (Lipinski definition) is 5. The van der Waals surface area contributed by atoms with Gasteiger partial charge in [-0.2, -0.15) is 5.10 Å². The van der Waals surface area contributed by atoms with Crippen LogP contribution in [0.3, 0.4) is 0 Å². The SMILES string of the molecule is CC(C)(C(=O)N(Cc1cccc(-c2ccccc2)c1)Cc1nccs1)n1cncn1. The third-order valence-electron chi connectivity index (χ3n) is 5.02. The van der Waals surface area contributed by atoms with Gasteiger partial charge in [0.25, 0.3) is 5.91 Å². The molecule has 0 atom stereocenters. The maximum atomic E-state index is 13.6. The number of benzene rings is 2.